The Bertz CT molecular complexity index is 686. The van der Waals surface area contributed by atoms with Crippen LogP contribution >= 0.6 is 0 Å². The molecule has 8 heteroatoms. The molecule has 7 nitrogen and oxygen atoms in total. The fourth-order valence-corrected chi connectivity index (χ4v) is 2.40. The molecular formula is C16H20FN3O4. The van der Waals surface area contributed by atoms with Gasteiger partial charge < -0.3 is 14.2 Å². The van der Waals surface area contributed by atoms with Crippen LogP contribution in [0.15, 0.2) is 30.3 Å². The van der Waals surface area contributed by atoms with Crippen LogP contribution in [0.4, 0.5) is 4.39 Å². The second-order valence-corrected chi connectivity index (χ2v) is 4.99. The van der Waals surface area contributed by atoms with Gasteiger partial charge in [-0.1, -0.05) is 40.6 Å². The molecule has 0 amide bonds. The normalized spacial score (nSPS) is 13.0. The number of methoxy groups -OCH3 is 2. The van der Waals surface area contributed by atoms with Gasteiger partial charge >= 0.3 is 5.97 Å². The van der Waals surface area contributed by atoms with Crippen LogP contribution in [0, 0.1) is 5.95 Å². The van der Waals surface area contributed by atoms with Gasteiger partial charge in [-0.05, 0) is 19.4 Å². The molecule has 1 atom stereocenters. The average molecular weight is 337 g/mol. The number of nitrogens with zero attached hydrogens (tertiary/aromatic N) is 3. The van der Waals surface area contributed by atoms with Crippen molar-refractivity contribution in [1.29, 1.82) is 0 Å². The van der Waals surface area contributed by atoms with E-state index in [1.165, 1.54) is 18.9 Å². The van der Waals surface area contributed by atoms with Crippen molar-refractivity contribution in [3.63, 3.8) is 0 Å². The first-order valence-corrected chi connectivity index (χ1v) is 7.45. The van der Waals surface area contributed by atoms with Crippen LogP contribution in [0.1, 0.15) is 35.9 Å². The largest absolute Gasteiger partial charge is 0.352 e. The molecule has 0 spiro atoms. The van der Waals surface area contributed by atoms with Crippen LogP contribution < -0.4 is 0 Å². The third kappa shape index (κ3) is 3.21. The van der Waals surface area contributed by atoms with Gasteiger partial charge in [0, 0.05) is 14.2 Å². The van der Waals surface area contributed by atoms with Crippen molar-refractivity contribution in [2.24, 2.45) is 0 Å². The Balaban J connectivity index is 2.48. The first kappa shape index (κ1) is 18.2. The van der Waals surface area contributed by atoms with Crippen LogP contribution in [0.3, 0.4) is 0 Å². The molecule has 0 saturated carbocycles. The molecular weight excluding hydrogens is 317 g/mol. The average Bonchev–Trinajstić information content (AvgIpc) is 3.00. The predicted octanol–water partition coefficient (Wildman–Crippen LogP) is 2.19. The maximum absolute atomic E-state index is 14.2. The number of carbonyl (C=O) groups is 1. The zero-order valence-corrected chi connectivity index (χ0v) is 14.0. The van der Waals surface area contributed by atoms with Gasteiger partial charge in [0.15, 0.2) is 5.69 Å². The van der Waals surface area contributed by atoms with E-state index in [1.54, 1.807) is 13.8 Å². The van der Waals surface area contributed by atoms with Crippen molar-refractivity contribution in [2.45, 2.75) is 25.9 Å². The number of carbonyl (C=O) groups excluding carboxylic acids is 1. The van der Waals surface area contributed by atoms with Gasteiger partial charge in [-0.2, -0.15) is 4.39 Å². The summed E-state index contributed by atoms with van der Waals surface area (Å²) in [5.74, 6) is -3.91. The van der Waals surface area contributed by atoms with E-state index in [0.717, 1.165) is 5.56 Å². The van der Waals surface area contributed by atoms with Gasteiger partial charge in [-0.25, -0.2) is 4.68 Å². The third-order valence-electron chi connectivity index (χ3n) is 3.67. The lowest BCUT2D eigenvalue weighted by Crippen LogP contribution is -2.47. The summed E-state index contributed by atoms with van der Waals surface area (Å²) >= 11 is 0. The van der Waals surface area contributed by atoms with Crippen LogP contribution in [0.25, 0.3) is 0 Å². The van der Waals surface area contributed by atoms with E-state index in [-0.39, 0.29) is 12.3 Å². The summed E-state index contributed by atoms with van der Waals surface area (Å²) in [4.78, 5) is 12.8. The highest BCUT2D eigenvalue weighted by molar-refractivity contribution is 5.99. The summed E-state index contributed by atoms with van der Waals surface area (Å²) in [5, 5.41) is 7.14. The number of ketones is 1. The molecule has 0 saturated heterocycles. The van der Waals surface area contributed by atoms with E-state index in [2.05, 4.69) is 10.3 Å². The Morgan fingerprint density at radius 2 is 1.92 bits per heavy atom. The first-order chi connectivity index (χ1) is 11.5. The maximum Gasteiger partial charge on any atom is 0.352 e. The molecule has 0 bridgehead atoms. The van der Waals surface area contributed by atoms with Crippen molar-refractivity contribution in [3.05, 3.63) is 47.5 Å². The topological polar surface area (TPSA) is 75.5 Å². The van der Waals surface area contributed by atoms with Crippen molar-refractivity contribution in [1.82, 2.24) is 15.0 Å². The van der Waals surface area contributed by atoms with Gasteiger partial charge in [0.25, 0.3) is 11.7 Å². The van der Waals surface area contributed by atoms with Crippen molar-refractivity contribution < 1.29 is 23.4 Å². The molecule has 2 rings (SSSR count). The minimum Gasteiger partial charge on any atom is -0.324 e. The molecule has 1 aromatic carbocycles. The second-order valence-electron chi connectivity index (χ2n) is 4.99. The summed E-state index contributed by atoms with van der Waals surface area (Å²) in [6.07, 6.45) is 0. The first-order valence-electron chi connectivity index (χ1n) is 7.45. The molecule has 0 N–H and O–H groups in total. The summed E-state index contributed by atoms with van der Waals surface area (Å²) < 4.78 is 30.8. The van der Waals surface area contributed by atoms with E-state index in [9.17, 15) is 9.18 Å². The monoisotopic (exact) mass is 337 g/mol. The minimum absolute atomic E-state index is 0.130. The highest BCUT2D eigenvalue weighted by Crippen LogP contribution is 2.25. The molecule has 0 aliphatic carbocycles. The number of hydrogen-bond acceptors (Lipinski definition) is 6. The summed E-state index contributed by atoms with van der Waals surface area (Å²) in [6.45, 7) is 3.58. The predicted molar refractivity (Wildman–Crippen MR) is 82.9 cm³/mol. The Morgan fingerprint density at radius 1 is 1.29 bits per heavy atom. The second kappa shape index (κ2) is 7.61. The van der Waals surface area contributed by atoms with Gasteiger partial charge in [-0.15, -0.1) is 0 Å². The number of ether oxygens (including phenoxy) is 3. The van der Waals surface area contributed by atoms with E-state index in [0.29, 0.717) is 0 Å². The molecule has 2 aromatic rings. The molecule has 1 aromatic heterocycles. The summed E-state index contributed by atoms with van der Waals surface area (Å²) in [5.41, 5.74) is 0.469. The van der Waals surface area contributed by atoms with Crippen molar-refractivity contribution in [2.75, 3.05) is 20.8 Å². The minimum atomic E-state index is -2.05. The van der Waals surface area contributed by atoms with Crippen molar-refractivity contribution >= 4 is 5.78 Å². The number of halogens is 1. The van der Waals surface area contributed by atoms with Gasteiger partial charge in [0.2, 0.25) is 0 Å². The Kier molecular flexibility index (Phi) is 5.76. The zero-order chi connectivity index (χ0) is 17.7. The van der Waals surface area contributed by atoms with Crippen molar-refractivity contribution in [3.8, 4) is 0 Å². The van der Waals surface area contributed by atoms with E-state index < -0.39 is 23.7 Å². The van der Waals surface area contributed by atoms with Crippen LogP contribution in [0.5, 0.6) is 0 Å². The smallest absolute Gasteiger partial charge is 0.324 e. The lowest BCUT2D eigenvalue weighted by Gasteiger charge is -2.28. The number of benzene rings is 1. The van der Waals surface area contributed by atoms with Gasteiger partial charge in [0.1, 0.15) is 0 Å². The maximum atomic E-state index is 14.2. The standard InChI is InChI=1S/C16H20FN3O4/c1-5-24-16(22-3,23-4)14(21)13-15(17)18-19-20(13)11(2)12-9-7-6-8-10-12/h6-11H,5H2,1-4H3/t11-/m1/s1. The Hall–Kier alpha value is -2.16. The molecule has 0 unspecified atom stereocenters. The quantitative estimate of drug-likeness (QED) is 0.543. The number of rotatable bonds is 8. The fourth-order valence-electron chi connectivity index (χ4n) is 2.40. The highest BCUT2D eigenvalue weighted by Gasteiger charge is 2.45. The Morgan fingerprint density at radius 3 is 2.46 bits per heavy atom. The molecule has 0 radical (unpaired) electrons. The van der Waals surface area contributed by atoms with E-state index in [1.807, 2.05) is 30.3 Å². The third-order valence-corrected chi connectivity index (χ3v) is 3.67. The molecule has 0 aliphatic rings. The molecule has 24 heavy (non-hydrogen) atoms. The number of Topliss-reactive ketones (excluding diaryl/α,β-unsaturated/α-hetero) is 1. The SMILES string of the molecule is CCOC(OC)(OC)C(=O)c1c(F)nnn1[C@H](C)c1ccccc1. The Labute approximate surface area is 139 Å². The summed E-state index contributed by atoms with van der Waals surface area (Å²) in [6, 6.07) is 8.82. The lowest BCUT2D eigenvalue weighted by atomic mass is 10.1. The highest BCUT2D eigenvalue weighted by atomic mass is 19.1. The molecule has 0 fully saturated rings. The lowest BCUT2D eigenvalue weighted by molar-refractivity contribution is -0.321. The number of hydrogen-bond donors (Lipinski definition) is 0. The van der Waals surface area contributed by atoms with Crippen LogP contribution in [0.2, 0.25) is 0 Å². The van der Waals surface area contributed by atoms with Crippen LogP contribution in [-0.2, 0) is 14.2 Å². The van der Waals surface area contributed by atoms with Gasteiger partial charge in [0.05, 0.1) is 12.6 Å². The van der Waals surface area contributed by atoms with Crippen LogP contribution in [-0.4, -0.2) is 47.6 Å². The van der Waals surface area contributed by atoms with E-state index >= 15 is 0 Å². The summed E-state index contributed by atoms with van der Waals surface area (Å²) in [7, 11) is 2.48. The molecule has 130 valence electrons. The van der Waals surface area contributed by atoms with Gasteiger partial charge in [-0.3, -0.25) is 4.79 Å². The molecule has 0 aliphatic heterocycles. The fraction of sp³-hybridized carbons (Fsp3) is 0.438. The van der Waals surface area contributed by atoms with E-state index in [4.69, 9.17) is 14.2 Å². The zero-order valence-electron chi connectivity index (χ0n) is 14.0. The number of aromatic nitrogens is 3. The molecule has 1 heterocycles.